The van der Waals surface area contributed by atoms with Gasteiger partial charge in [0, 0.05) is 10.3 Å². The predicted octanol–water partition coefficient (Wildman–Crippen LogP) is 5.41. The van der Waals surface area contributed by atoms with E-state index in [0.717, 1.165) is 15.8 Å². The zero-order chi connectivity index (χ0) is 19.1. The average Bonchev–Trinajstić information content (AvgIpc) is 3.33. The molecule has 7 heteroatoms. The number of hydrogen-bond donors (Lipinski definition) is 0. The van der Waals surface area contributed by atoms with Crippen molar-refractivity contribution in [1.82, 2.24) is 9.66 Å². The number of thiophene rings is 1. The van der Waals surface area contributed by atoms with Crippen LogP contribution in [-0.4, -0.2) is 15.9 Å². The molecule has 0 saturated heterocycles. The Labute approximate surface area is 168 Å². The second-order valence-corrected chi connectivity index (χ2v) is 7.85. The Morgan fingerprint density at radius 1 is 1.07 bits per heavy atom. The molecule has 3 aromatic heterocycles. The highest BCUT2D eigenvalue weighted by Gasteiger charge is 2.16. The van der Waals surface area contributed by atoms with E-state index in [-0.39, 0.29) is 5.56 Å². The number of aromatic nitrogens is 2. The number of benzene rings is 2. The number of para-hydroxylation sites is 2. The molecule has 0 aliphatic carbocycles. The van der Waals surface area contributed by atoms with Crippen molar-refractivity contribution in [3.8, 4) is 11.6 Å². The van der Waals surface area contributed by atoms with Gasteiger partial charge in [0.2, 0.25) is 5.82 Å². The summed E-state index contributed by atoms with van der Waals surface area (Å²) in [7, 11) is 0. The van der Waals surface area contributed by atoms with Crippen molar-refractivity contribution in [1.29, 1.82) is 0 Å². The summed E-state index contributed by atoms with van der Waals surface area (Å²) in [6, 6.07) is 20.3. The zero-order valence-corrected chi connectivity index (χ0v) is 15.9. The maximum absolute atomic E-state index is 13.1. The second-order valence-electron chi connectivity index (χ2n) is 6.10. The molecular weight excluding hydrogens is 394 g/mol. The number of nitrogens with zero attached hydrogens (tertiary/aromatic N) is 3. The molecule has 0 fully saturated rings. The van der Waals surface area contributed by atoms with Gasteiger partial charge in [-0.05, 0) is 36.4 Å². The van der Waals surface area contributed by atoms with Crippen LogP contribution in [0.2, 0.25) is 4.34 Å². The molecule has 0 saturated carbocycles. The van der Waals surface area contributed by atoms with E-state index < -0.39 is 0 Å². The van der Waals surface area contributed by atoms with Crippen molar-refractivity contribution in [2.45, 2.75) is 0 Å². The van der Waals surface area contributed by atoms with E-state index in [1.807, 2.05) is 42.5 Å². The summed E-state index contributed by atoms with van der Waals surface area (Å²) in [6.07, 6.45) is 1.60. The van der Waals surface area contributed by atoms with Gasteiger partial charge in [0.1, 0.15) is 5.58 Å². The van der Waals surface area contributed by atoms with Gasteiger partial charge in [-0.3, -0.25) is 4.79 Å². The first kappa shape index (κ1) is 16.9. The normalized spacial score (nSPS) is 11.8. The highest BCUT2D eigenvalue weighted by Crippen LogP contribution is 2.27. The van der Waals surface area contributed by atoms with Gasteiger partial charge in [-0.15, -0.1) is 11.3 Å². The Balaban J connectivity index is 1.76. The fourth-order valence-corrected chi connectivity index (χ4v) is 3.92. The third-order valence-electron chi connectivity index (χ3n) is 4.29. The third-order valence-corrected chi connectivity index (χ3v) is 5.46. The zero-order valence-electron chi connectivity index (χ0n) is 14.4. The van der Waals surface area contributed by atoms with E-state index in [4.69, 9.17) is 16.0 Å². The number of fused-ring (bicyclic) bond motifs is 2. The molecule has 0 aliphatic heterocycles. The van der Waals surface area contributed by atoms with E-state index in [2.05, 4.69) is 10.1 Å². The molecule has 2 aromatic carbocycles. The van der Waals surface area contributed by atoms with E-state index in [0.29, 0.717) is 26.8 Å². The third kappa shape index (κ3) is 2.93. The van der Waals surface area contributed by atoms with Crippen molar-refractivity contribution in [2.24, 2.45) is 5.10 Å². The van der Waals surface area contributed by atoms with Crippen LogP contribution in [0.4, 0.5) is 0 Å². The summed E-state index contributed by atoms with van der Waals surface area (Å²) in [5.41, 5.74) is 1.05. The molecule has 0 unspecified atom stereocenters. The number of halogens is 1. The summed E-state index contributed by atoms with van der Waals surface area (Å²) in [5.74, 6) is 0.823. The van der Waals surface area contributed by atoms with Crippen LogP contribution >= 0.6 is 22.9 Å². The van der Waals surface area contributed by atoms with Crippen molar-refractivity contribution < 1.29 is 4.42 Å². The molecule has 0 bridgehead atoms. The minimum Gasteiger partial charge on any atom is -0.453 e. The van der Waals surface area contributed by atoms with E-state index in [1.54, 1.807) is 30.5 Å². The molecule has 0 atom stereocenters. The molecule has 0 radical (unpaired) electrons. The Kier molecular flexibility index (Phi) is 4.07. The van der Waals surface area contributed by atoms with Crippen molar-refractivity contribution in [3.63, 3.8) is 0 Å². The van der Waals surface area contributed by atoms with Gasteiger partial charge >= 0.3 is 0 Å². The lowest BCUT2D eigenvalue weighted by atomic mass is 10.2. The number of rotatable bonds is 3. The molecule has 0 amide bonds. The predicted molar refractivity (Wildman–Crippen MR) is 114 cm³/mol. The molecule has 5 nitrogen and oxygen atoms in total. The molecule has 5 aromatic rings. The van der Waals surface area contributed by atoms with Crippen molar-refractivity contribution in [3.05, 3.63) is 86.3 Å². The maximum Gasteiger partial charge on any atom is 0.282 e. The Hall–Kier alpha value is -3.22. The molecular formula is C21H12ClN3O2S. The maximum atomic E-state index is 13.1. The molecule has 0 aliphatic rings. The smallest absolute Gasteiger partial charge is 0.282 e. The summed E-state index contributed by atoms with van der Waals surface area (Å²) in [5, 5.41) is 5.81. The van der Waals surface area contributed by atoms with Crippen LogP contribution < -0.4 is 5.56 Å². The summed E-state index contributed by atoms with van der Waals surface area (Å²) in [4.78, 5) is 18.6. The van der Waals surface area contributed by atoms with Gasteiger partial charge in [-0.1, -0.05) is 41.9 Å². The molecule has 0 spiro atoms. The van der Waals surface area contributed by atoms with E-state index >= 15 is 0 Å². The number of hydrogen-bond acceptors (Lipinski definition) is 5. The Morgan fingerprint density at radius 3 is 2.71 bits per heavy atom. The van der Waals surface area contributed by atoms with Gasteiger partial charge < -0.3 is 4.42 Å². The molecule has 28 heavy (non-hydrogen) atoms. The minimum absolute atomic E-state index is 0.264. The summed E-state index contributed by atoms with van der Waals surface area (Å²) >= 11 is 7.36. The minimum atomic E-state index is -0.264. The SMILES string of the molecule is O=c1c2ccccc2nc(-c2cc3ccccc3o2)n1N=Cc1ccc(Cl)s1. The summed E-state index contributed by atoms with van der Waals surface area (Å²) < 4.78 is 7.87. The molecule has 5 rings (SSSR count). The Morgan fingerprint density at radius 2 is 1.89 bits per heavy atom. The van der Waals surface area contributed by atoms with Crippen LogP contribution in [0.1, 0.15) is 4.88 Å². The van der Waals surface area contributed by atoms with Crippen LogP contribution in [0.15, 0.2) is 81.0 Å². The molecule has 3 heterocycles. The van der Waals surface area contributed by atoms with Crippen LogP contribution in [0, 0.1) is 0 Å². The van der Waals surface area contributed by atoms with Crippen LogP contribution in [-0.2, 0) is 0 Å². The highest BCUT2D eigenvalue weighted by molar-refractivity contribution is 7.17. The highest BCUT2D eigenvalue weighted by atomic mass is 35.5. The lowest BCUT2D eigenvalue weighted by Gasteiger charge is -2.06. The van der Waals surface area contributed by atoms with Crippen LogP contribution in [0.25, 0.3) is 33.5 Å². The van der Waals surface area contributed by atoms with Gasteiger partial charge in [-0.2, -0.15) is 9.78 Å². The second kappa shape index (κ2) is 6.74. The number of furan rings is 1. The topological polar surface area (TPSA) is 60.4 Å². The van der Waals surface area contributed by atoms with Gasteiger partial charge in [0.15, 0.2) is 5.76 Å². The van der Waals surface area contributed by atoms with Crippen LogP contribution in [0.3, 0.4) is 0 Å². The molecule has 136 valence electrons. The first-order valence-corrected chi connectivity index (χ1v) is 9.69. The standard InChI is InChI=1S/C21H12ClN3O2S/c22-19-10-9-14(28-19)12-23-25-20(18-11-13-5-1-4-8-17(13)27-18)24-16-7-3-2-6-15(16)21(25)26/h1-12H. The lowest BCUT2D eigenvalue weighted by Crippen LogP contribution is -2.20. The quantitative estimate of drug-likeness (QED) is 0.377. The first-order chi connectivity index (χ1) is 13.7. The largest absolute Gasteiger partial charge is 0.453 e. The van der Waals surface area contributed by atoms with Gasteiger partial charge in [0.05, 0.1) is 21.5 Å². The van der Waals surface area contributed by atoms with Gasteiger partial charge in [0.25, 0.3) is 5.56 Å². The fourth-order valence-electron chi connectivity index (χ4n) is 2.99. The average molecular weight is 406 g/mol. The van der Waals surface area contributed by atoms with Gasteiger partial charge in [-0.25, -0.2) is 4.98 Å². The first-order valence-electron chi connectivity index (χ1n) is 8.49. The van der Waals surface area contributed by atoms with Crippen molar-refractivity contribution >= 4 is 51.0 Å². The Bertz CT molecular complexity index is 1380. The fraction of sp³-hybridized carbons (Fsp3) is 0. The summed E-state index contributed by atoms with van der Waals surface area (Å²) in [6.45, 7) is 0. The van der Waals surface area contributed by atoms with Crippen molar-refractivity contribution in [2.75, 3.05) is 0 Å². The van der Waals surface area contributed by atoms with E-state index in [9.17, 15) is 4.79 Å². The van der Waals surface area contributed by atoms with Crippen LogP contribution in [0.5, 0.6) is 0 Å². The van der Waals surface area contributed by atoms with E-state index in [1.165, 1.54) is 16.0 Å². The lowest BCUT2D eigenvalue weighted by molar-refractivity contribution is 0.616. The molecule has 0 N–H and O–H groups in total. The monoisotopic (exact) mass is 405 g/mol.